The summed E-state index contributed by atoms with van der Waals surface area (Å²) in [4.78, 5) is 1.24. The SMILES string of the molecule is C(=CC(c1cccs1)n1nnc2ccccc21)c1ccccc1. The van der Waals surface area contributed by atoms with Gasteiger partial charge >= 0.3 is 0 Å². The first-order chi connectivity index (χ1) is 11.4. The summed E-state index contributed by atoms with van der Waals surface area (Å²) in [6.07, 6.45) is 4.32. The van der Waals surface area contributed by atoms with Gasteiger partial charge in [0.1, 0.15) is 11.6 Å². The van der Waals surface area contributed by atoms with Gasteiger partial charge in [0, 0.05) is 4.88 Å². The summed E-state index contributed by atoms with van der Waals surface area (Å²) < 4.78 is 1.99. The number of fused-ring (bicyclic) bond motifs is 1. The Labute approximate surface area is 138 Å². The quantitative estimate of drug-likeness (QED) is 0.541. The Morgan fingerprint density at radius 1 is 0.913 bits per heavy atom. The number of thiophene rings is 1. The fraction of sp³-hybridized carbons (Fsp3) is 0.0526. The number of allylic oxidation sites excluding steroid dienone is 1. The summed E-state index contributed by atoms with van der Waals surface area (Å²) in [5, 5.41) is 10.8. The minimum atomic E-state index is 0.0441. The zero-order chi connectivity index (χ0) is 15.5. The summed E-state index contributed by atoms with van der Waals surface area (Å²) in [5.74, 6) is 0. The molecule has 0 aliphatic carbocycles. The molecular weight excluding hydrogens is 302 g/mol. The molecule has 0 saturated carbocycles. The number of nitrogens with zero attached hydrogens (tertiary/aromatic N) is 3. The molecule has 4 aromatic rings. The topological polar surface area (TPSA) is 30.7 Å². The van der Waals surface area contributed by atoms with E-state index < -0.39 is 0 Å². The Kier molecular flexibility index (Phi) is 3.74. The first kappa shape index (κ1) is 13.9. The zero-order valence-electron chi connectivity index (χ0n) is 12.4. The van der Waals surface area contributed by atoms with Crippen LogP contribution in [0.2, 0.25) is 0 Å². The molecule has 4 rings (SSSR count). The van der Waals surface area contributed by atoms with Crippen molar-refractivity contribution in [3.63, 3.8) is 0 Å². The number of aromatic nitrogens is 3. The maximum atomic E-state index is 4.39. The van der Waals surface area contributed by atoms with E-state index in [2.05, 4.69) is 58.2 Å². The molecule has 1 unspecified atom stereocenters. The molecule has 4 heteroatoms. The molecular formula is C19H15N3S. The normalized spacial score (nSPS) is 12.9. The predicted octanol–water partition coefficient (Wildman–Crippen LogP) is 4.80. The third kappa shape index (κ3) is 2.81. The first-order valence-corrected chi connectivity index (χ1v) is 8.36. The van der Waals surface area contributed by atoms with Gasteiger partial charge in [-0.25, -0.2) is 4.68 Å². The summed E-state index contributed by atoms with van der Waals surface area (Å²) in [6, 6.07) is 22.6. The van der Waals surface area contributed by atoms with Gasteiger partial charge in [0.25, 0.3) is 0 Å². The highest BCUT2D eigenvalue weighted by molar-refractivity contribution is 7.10. The van der Waals surface area contributed by atoms with Gasteiger partial charge in [-0.05, 0) is 29.1 Å². The highest BCUT2D eigenvalue weighted by Crippen LogP contribution is 2.27. The molecule has 112 valence electrons. The van der Waals surface area contributed by atoms with E-state index in [0.717, 1.165) is 11.0 Å². The van der Waals surface area contributed by atoms with Crippen LogP contribution in [-0.4, -0.2) is 15.0 Å². The predicted molar refractivity (Wildman–Crippen MR) is 95.5 cm³/mol. The summed E-state index contributed by atoms with van der Waals surface area (Å²) in [5.41, 5.74) is 3.14. The van der Waals surface area contributed by atoms with Crippen LogP contribution in [0.1, 0.15) is 16.5 Å². The molecule has 0 N–H and O–H groups in total. The minimum Gasteiger partial charge on any atom is -0.232 e. The van der Waals surface area contributed by atoms with Crippen LogP contribution in [0.4, 0.5) is 0 Å². The standard InChI is InChI=1S/C19H15N3S/c1-2-7-15(8-3-1)12-13-18(19-11-6-14-23-19)22-17-10-5-4-9-16(17)20-21-22/h1-14,18H. The molecule has 2 aromatic heterocycles. The van der Waals surface area contributed by atoms with Crippen LogP contribution in [0.3, 0.4) is 0 Å². The summed E-state index contributed by atoms with van der Waals surface area (Å²) in [7, 11) is 0. The van der Waals surface area contributed by atoms with Crippen molar-refractivity contribution in [2.75, 3.05) is 0 Å². The molecule has 0 bridgehead atoms. The van der Waals surface area contributed by atoms with Gasteiger partial charge in [0.05, 0.1) is 5.52 Å². The monoisotopic (exact) mass is 317 g/mol. The lowest BCUT2D eigenvalue weighted by Gasteiger charge is -2.12. The van der Waals surface area contributed by atoms with E-state index in [1.807, 2.05) is 41.1 Å². The Morgan fingerprint density at radius 3 is 2.57 bits per heavy atom. The second kappa shape index (κ2) is 6.18. The van der Waals surface area contributed by atoms with Crippen molar-refractivity contribution in [2.24, 2.45) is 0 Å². The molecule has 1 atom stereocenters. The van der Waals surface area contributed by atoms with Gasteiger partial charge in [-0.15, -0.1) is 16.4 Å². The molecule has 0 fully saturated rings. The second-order valence-electron chi connectivity index (χ2n) is 5.25. The van der Waals surface area contributed by atoms with Crippen LogP contribution in [0.15, 0.2) is 78.2 Å². The highest BCUT2D eigenvalue weighted by atomic mass is 32.1. The number of benzene rings is 2. The fourth-order valence-corrected chi connectivity index (χ4v) is 3.40. The maximum Gasteiger partial charge on any atom is 0.113 e. The average molecular weight is 317 g/mol. The largest absolute Gasteiger partial charge is 0.232 e. The van der Waals surface area contributed by atoms with E-state index >= 15 is 0 Å². The van der Waals surface area contributed by atoms with E-state index in [9.17, 15) is 0 Å². The van der Waals surface area contributed by atoms with Crippen LogP contribution in [0.25, 0.3) is 17.1 Å². The summed E-state index contributed by atoms with van der Waals surface area (Å²) >= 11 is 1.73. The zero-order valence-corrected chi connectivity index (χ0v) is 13.2. The van der Waals surface area contributed by atoms with E-state index in [4.69, 9.17) is 0 Å². The van der Waals surface area contributed by atoms with Crippen molar-refractivity contribution in [1.29, 1.82) is 0 Å². The van der Waals surface area contributed by atoms with Crippen LogP contribution in [0.5, 0.6) is 0 Å². The van der Waals surface area contributed by atoms with Gasteiger partial charge in [0.15, 0.2) is 0 Å². The lowest BCUT2D eigenvalue weighted by molar-refractivity contribution is 0.612. The molecule has 0 saturated heterocycles. The van der Waals surface area contributed by atoms with Gasteiger partial charge in [-0.1, -0.05) is 65.9 Å². The van der Waals surface area contributed by atoms with Crippen molar-refractivity contribution in [3.05, 3.63) is 88.6 Å². The Bertz CT molecular complexity index is 924. The molecule has 2 aromatic carbocycles. The molecule has 0 aliphatic rings. The molecule has 0 aliphatic heterocycles. The third-order valence-corrected chi connectivity index (χ3v) is 4.69. The van der Waals surface area contributed by atoms with Crippen molar-refractivity contribution < 1.29 is 0 Å². The molecule has 0 radical (unpaired) electrons. The highest BCUT2D eigenvalue weighted by Gasteiger charge is 2.15. The number of hydrogen-bond acceptors (Lipinski definition) is 3. The molecule has 3 nitrogen and oxygen atoms in total. The first-order valence-electron chi connectivity index (χ1n) is 7.48. The van der Waals surface area contributed by atoms with E-state index in [0.29, 0.717) is 0 Å². The van der Waals surface area contributed by atoms with Crippen LogP contribution < -0.4 is 0 Å². The van der Waals surface area contributed by atoms with E-state index in [1.54, 1.807) is 11.3 Å². The Balaban J connectivity index is 1.79. The minimum absolute atomic E-state index is 0.0441. The van der Waals surface area contributed by atoms with Crippen LogP contribution in [0, 0.1) is 0 Å². The number of rotatable bonds is 4. The molecule has 2 heterocycles. The van der Waals surface area contributed by atoms with Gasteiger partial charge in [0.2, 0.25) is 0 Å². The average Bonchev–Trinajstić information content (AvgIpc) is 3.27. The molecule has 23 heavy (non-hydrogen) atoms. The van der Waals surface area contributed by atoms with Gasteiger partial charge < -0.3 is 0 Å². The Hall–Kier alpha value is -2.72. The number of hydrogen-bond donors (Lipinski definition) is 0. The lowest BCUT2D eigenvalue weighted by atomic mass is 10.1. The van der Waals surface area contributed by atoms with Crippen LogP contribution in [-0.2, 0) is 0 Å². The van der Waals surface area contributed by atoms with Crippen molar-refractivity contribution >= 4 is 28.4 Å². The van der Waals surface area contributed by atoms with Gasteiger partial charge in [-0.3, -0.25) is 0 Å². The smallest absolute Gasteiger partial charge is 0.113 e. The van der Waals surface area contributed by atoms with Crippen molar-refractivity contribution in [1.82, 2.24) is 15.0 Å². The third-order valence-electron chi connectivity index (χ3n) is 3.75. The van der Waals surface area contributed by atoms with E-state index in [-0.39, 0.29) is 6.04 Å². The molecule has 0 spiro atoms. The number of para-hydroxylation sites is 1. The maximum absolute atomic E-state index is 4.39. The van der Waals surface area contributed by atoms with Gasteiger partial charge in [-0.2, -0.15) is 0 Å². The van der Waals surface area contributed by atoms with Crippen molar-refractivity contribution in [2.45, 2.75) is 6.04 Å². The second-order valence-corrected chi connectivity index (χ2v) is 6.23. The lowest BCUT2D eigenvalue weighted by Crippen LogP contribution is -2.08. The fourth-order valence-electron chi connectivity index (χ4n) is 2.62. The van der Waals surface area contributed by atoms with Crippen LogP contribution >= 0.6 is 11.3 Å². The van der Waals surface area contributed by atoms with E-state index in [1.165, 1.54) is 10.4 Å². The molecule has 0 amide bonds. The van der Waals surface area contributed by atoms with Crippen molar-refractivity contribution in [3.8, 4) is 0 Å². The Morgan fingerprint density at radius 2 is 1.74 bits per heavy atom. The summed E-state index contributed by atoms with van der Waals surface area (Å²) in [6.45, 7) is 0.